The van der Waals surface area contributed by atoms with E-state index in [2.05, 4.69) is 5.92 Å². The van der Waals surface area contributed by atoms with E-state index in [-0.39, 0.29) is 11.8 Å². The van der Waals surface area contributed by atoms with Crippen molar-refractivity contribution in [2.75, 3.05) is 20.8 Å². The lowest BCUT2D eigenvalue weighted by Gasteiger charge is -2.08. The zero-order valence-corrected chi connectivity index (χ0v) is 12.4. The molecule has 0 atom stereocenters. The van der Waals surface area contributed by atoms with Gasteiger partial charge in [0, 0.05) is 5.56 Å². The summed E-state index contributed by atoms with van der Waals surface area (Å²) in [5, 5.41) is -0.369. The standard InChI is InChI=1S/C15H13NO4S/c1-4-7-16-14(17)13(21-15(16)18)9-10-8-11(19-2)5-6-12(10)20-3/h1,5-6,8-9H,7H2,2-3H3. The molecule has 0 N–H and O–H groups in total. The summed E-state index contributed by atoms with van der Waals surface area (Å²) in [6, 6.07) is 5.21. The van der Waals surface area contributed by atoms with Crippen molar-refractivity contribution in [1.82, 2.24) is 4.90 Å². The molecule has 0 unspecified atom stereocenters. The maximum Gasteiger partial charge on any atom is 0.294 e. The average molecular weight is 303 g/mol. The molecule has 1 aromatic carbocycles. The normalized spacial score (nSPS) is 16.2. The topological polar surface area (TPSA) is 55.8 Å². The van der Waals surface area contributed by atoms with Gasteiger partial charge in [0.2, 0.25) is 0 Å². The minimum absolute atomic E-state index is 0.0305. The molecular weight excluding hydrogens is 290 g/mol. The van der Waals surface area contributed by atoms with E-state index < -0.39 is 5.91 Å². The van der Waals surface area contributed by atoms with Crippen LogP contribution in [0.25, 0.3) is 6.08 Å². The van der Waals surface area contributed by atoms with E-state index in [1.807, 2.05) is 0 Å². The Bertz CT molecular complexity index is 660. The van der Waals surface area contributed by atoms with Gasteiger partial charge in [0.15, 0.2) is 0 Å². The number of ether oxygens (including phenoxy) is 2. The molecule has 1 aliphatic rings. The summed E-state index contributed by atoms with van der Waals surface area (Å²) >= 11 is 0.856. The quantitative estimate of drug-likeness (QED) is 0.631. The predicted molar refractivity (Wildman–Crippen MR) is 81.1 cm³/mol. The molecule has 5 nitrogen and oxygen atoms in total. The largest absolute Gasteiger partial charge is 0.497 e. The van der Waals surface area contributed by atoms with E-state index in [9.17, 15) is 9.59 Å². The molecule has 0 aliphatic carbocycles. The molecule has 1 saturated heterocycles. The van der Waals surface area contributed by atoms with Gasteiger partial charge in [-0.25, -0.2) is 0 Å². The van der Waals surface area contributed by atoms with Gasteiger partial charge in [0.05, 0.1) is 25.7 Å². The van der Waals surface area contributed by atoms with Crippen molar-refractivity contribution in [1.29, 1.82) is 0 Å². The Balaban J connectivity index is 2.38. The third kappa shape index (κ3) is 3.03. The first-order chi connectivity index (χ1) is 10.1. The molecule has 0 saturated carbocycles. The summed E-state index contributed by atoms with van der Waals surface area (Å²) in [7, 11) is 3.08. The number of carbonyl (C=O) groups is 2. The van der Waals surface area contributed by atoms with E-state index in [1.165, 1.54) is 7.11 Å². The van der Waals surface area contributed by atoms with Crippen LogP contribution in [0.4, 0.5) is 4.79 Å². The SMILES string of the molecule is C#CCN1C(=O)SC(=Cc2cc(OC)ccc2OC)C1=O. The Hall–Kier alpha value is -2.39. The lowest BCUT2D eigenvalue weighted by Crippen LogP contribution is -2.28. The molecule has 1 aromatic rings. The van der Waals surface area contributed by atoms with Gasteiger partial charge >= 0.3 is 0 Å². The second-order valence-electron chi connectivity index (χ2n) is 4.08. The third-order valence-corrected chi connectivity index (χ3v) is 3.75. The van der Waals surface area contributed by atoms with E-state index in [1.54, 1.807) is 31.4 Å². The molecule has 0 spiro atoms. The van der Waals surface area contributed by atoms with Crippen molar-refractivity contribution in [2.45, 2.75) is 0 Å². The number of terminal acetylenes is 1. The summed E-state index contributed by atoms with van der Waals surface area (Å²) < 4.78 is 10.4. The Morgan fingerprint density at radius 3 is 2.71 bits per heavy atom. The zero-order valence-electron chi connectivity index (χ0n) is 11.6. The molecule has 21 heavy (non-hydrogen) atoms. The maximum absolute atomic E-state index is 12.1. The molecule has 6 heteroatoms. The second kappa shape index (κ2) is 6.37. The van der Waals surface area contributed by atoms with E-state index >= 15 is 0 Å². The molecule has 1 heterocycles. The summed E-state index contributed by atoms with van der Waals surface area (Å²) in [5.74, 6) is 3.11. The van der Waals surface area contributed by atoms with Crippen molar-refractivity contribution in [3.63, 3.8) is 0 Å². The number of thioether (sulfide) groups is 1. The van der Waals surface area contributed by atoms with Crippen LogP contribution in [0.1, 0.15) is 5.56 Å². The second-order valence-corrected chi connectivity index (χ2v) is 5.07. The molecule has 2 amide bonds. The molecule has 0 bridgehead atoms. The van der Waals surface area contributed by atoms with Crippen molar-refractivity contribution >= 4 is 29.0 Å². The van der Waals surface area contributed by atoms with Crippen LogP contribution in [0.2, 0.25) is 0 Å². The molecular formula is C15H13NO4S. The van der Waals surface area contributed by atoms with Crippen LogP contribution in [0.5, 0.6) is 11.5 Å². The number of carbonyl (C=O) groups excluding carboxylic acids is 2. The Morgan fingerprint density at radius 2 is 2.10 bits per heavy atom. The van der Waals surface area contributed by atoms with E-state index in [0.29, 0.717) is 22.0 Å². The molecule has 0 radical (unpaired) electrons. The van der Waals surface area contributed by atoms with Crippen molar-refractivity contribution < 1.29 is 19.1 Å². The van der Waals surface area contributed by atoms with Crippen LogP contribution in [-0.4, -0.2) is 36.8 Å². The summed E-state index contributed by atoms with van der Waals surface area (Å²) in [4.78, 5) is 25.2. The van der Waals surface area contributed by atoms with Gasteiger partial charge in [0.25, 0.3) is 11.1 Å². The van der Waals surface area contributed by atoms with Crippen LogP contribution in [0, 0.1) is 12.3 Å². The number of hydrogen-bond acceptors (Lipinski definition) is 5. The highest BCUT2D eigenvalue weighted by atomic mass is 32.2. The van der Waals surface area contributed by atoms with Gasteiger partial charge in [-0.3, -0.25) is 14.5 Å². The molecule has 2 rings (SSSR count). The molecule has 1 fully saturated rings. The number of imide groups is 1. The molecule has 1 aliphatic heterocycles. The lowest BCUT2D eigenvalue weighted by atomic mass is 10.1. The van der Waals surface area contributed by atoms with Gasteiger partial charge < -0.3 is 9.47 Å². The highest BCUT2D eigenvalue weighted by molar-refractivity contribution is 8.18. The van der Waals surface area contributed by atoms with Gasteiger partial charge in [-0.1, -0.05) is 5.92 Å². The first kappa shape index (κ1) is 15.0. The number of benzene rings is 1. The van der Waals surface area contributed by atoms with E-state index in [4.69, 9.17) is 15.9 Å². The fraction of sp³-hybridized carbons (Fsp3) is 0.200. The zero-order chi connectivity index (χ0) is 15.4. The Labute approximate surface area is 126 Å². The fourth-order valence-corrected chi connectivity index (χ4v) is 2.65. The fourth-order valence-electron chi connectivity index (χ4n) is 1.82. The predicted octanol–water partition coefficient (Wildman–Crippen LogP) is 2.37. The first-order valence-electron chi connectivity index (χ1n) is 6.01. The van der Waals surface area contributed by atoms with Crippen molar-refractivity contribution in [3.05, 3.63) is 28.7 Å². The minimum atomic E-state index is -0.396. The third-order valence-electron chi connectivity index (χ3n) is 2.85. The average Bonchev–Trinajstić information content (AvgIpc) is 2.75. The summed E-state index contributed by atoms with van der Waals surface area (Å²) in [6.45, 7) is -0.0305. The number of hydrogen-bond donors (Lipinski definition) is 0. The van der Waals surface area contributed by atoms with Gasteiger partial charge in [-0.05, 0) is 36.0 Å². The highest BCUT2D eigenvalue weighted by Crippen LogP contribution is 2.34. The van der Waals surface area contributed by atoms with Gasteiger partial charge in [-0.2, -0.15) is 0 Å². The van der Waals surface area contributed by atoms with Crippen LogP contribution >= 0.6 is 11.8 Å². The first-order valence-corrected chi connectivity index (χ1v) is 6.83. The lowest BCUT2D eigenvalue weighted by molar-refractivity contribution is -0.122. The monoisotopic (exact) mass is 303 g/mol. The summed E-state index contributed by atoms with van der Waals surface area (Å²) in [5.41, 5.74) is 0.656. The smallest absolute Gasteiger partial charge is 0.294 e. The highest BCUT2D eigenvalue weighted by Gasteiger charge is 2.34. The number of methoxy groups -OCH3 is 2. The van der Waals surface area contributed by atoms with Crippen LogP contribution in [-0.2, 0) is 4.79 Å². The number of rotatable bonds is 4. The van der Waals surface area contributed by atoms with Crippen LogP contribution < -0.4 is 9.47 Å². The van der Waals surface area contributed by atoms with Crippen LogP contribution in [0.3, 0.4) is 0 Å². The van der Waals surface area contributed by atoms with Gasteiger partial charge in [0.1, 0.15) is 11.5 Å². The molecule has 0 aromatic heterocycles. The van der Waals surface area contributed by atoms with E-state index in [0.717, 1.165) is 16.7 Å². The maximum atomic E-state index is 12.1. The van der Waals surface area contributed by atoms with Crippen LogP contribution in [0.15, 0.2) is 23.1 Å². The van der Waals surface area contributed by atoms with Gasteiger partial charge in [-0.15, -0.1) is 6.42 Å². The summed E-state index contributed by atoms with van der Waals surface area (Å²) in [6.07, 6.45) is 6.75. The van der Waals surface area contributed by atoms with Crippen molar-refractivity contribution in [2.24, 2.45) is 0 Å². The molecule has 108 valence electrons. The Morgan fingerprint density at radius 1 is 1.33 bits per heavy atom. The van der Waals surface area contributed by atoms with Crippen molar-refractivity contribution in [3.8, 4) is 23.8 Å². The Kier molecular flexibility index (Phi) is 4.55. The minimum Gasteiger partial charge on any atom is -0.497 e. The number of amides is 2. The number of nitrogens with zero attached hydrogens (tertiary/aromatic N) is 1.